The Morgan fingerprint density at radius 2 is 2.10 bits per heavy atom. The molecule has 1 aliphatic heterocycles. The molecule has 1 N–H and O–H groups in total. The number of fused-ring (bicyclic) bond motifs is 1. The van der Waals surface area contributed by atoms with Crippen LogP contribution in [0.4, 0.5) is 5.95 Å². The van der Waals surface area contributed by atoms with Crippen molar-refractivity contribution in [2.75, 3.05) is 17.7 Å². The SMILES string of the molecule is CCCCSc1nc2n(n1)C(c1cccc(OCCC)c1)C1=C(CC(C)(C)CC1=O)N2. The number of aromatic nitrogens is 3. The van der Waals surface area contributed by atoms with Crippen LogP contribution in [0.2, 0.25) is 0 Å². The minimum Gasteiger partial charge on any atom is -0.494 e. The fraction of sp³-hybridized carbons (Fsp3) is 0.542. The van der Waals surface area contributed by atoms with Crippen molar-refractivity contribution < 1.29 is 9.53 Å². The lowest BCUT2D eigenvalue weighted by molar-refractivity contribution is -0.118. The Bertz CT molecular complexity index is 995. The number of rotatable bonds is 8. The minimum atomic E-state index is -0.284. The van der Waals surface area contributed by atoms with Gasteiger partial charge in [-0.1, -0.05) is 58.0 Å². The quantitative estimate of drug-likeness (QED) is 0.425. The Balaban J connectivity index is 1.76. The number of Topliss-reactive ketones (excluding diaryl/α,β-unsaturated/α-hetero) is 1. The molecule has 1 unspecified atom stereocenters. The maximum Gasteiger partial charge on any atom is 0.227 e. The van der Waals surface area contributed by atoms with Gasteiger partial charge < -0.3 is 10.1 Å². The number of carbonyl (C=O) groups excluding carboxylic acids is 1. The van der Waals surface area contributed by atoms with Gasteiger partial charge in [0.2, 0.25) is 11.1 Å². The molecule has 1 atom stereocenters. The zero-order valence-electron chi connectivity index (χ0n) is 18.9. The number of nitrogens with zero attached hydrogens (tertiary/aromatic N) is 3. The van der Waals surface area contributed by atoms with Gasteiger partial charge in [-0.2, -0.15) is 4.98 Å². The molecule has 31 heavy (non-hydrogen) atoms. The van der Waals surface area contributed by atoms with Crippen molar-refractivity contribution >= 4 is 23.5 Å². The molecule has 1 aromatic carbocycles. The van der Waals surface area contributed by atoms with Crippen molar-refractivity contribution in [2.45, 2.75) is 71.0 Å². The van der Waals surface area contributed by atoms with Crippen LogP contribution in [0.25, 0.3) is 0 Å². The molecule has 2 aromatic rings. The minimum absolute atomic E-state index is 0.0690. The lowest BCUT2D eigenvalue weighted by Gasteiger charge is -2.38. The predicted octanol–water partition coefficient (Wildman–Crippen LogP) is 5.62. The van der Waals surface area contributed by atoms with Crippen LogP contribution in [-0.4, -0.2) is 32.9 Å². The molecular formula is C24H32N4O2S. The van der Waals surface area contributed by atoms with Gasteiger partial charge in [0.15, 0.2) is 5.78 Å². The maximum atomic E-state index is 13.3. The topological polar surface area (TPSA) is 69.0 Å². The van der Waals surface area contributed by atoms with Crippen LogP contribution >= 0.6 is 11.8 Å². The maximum absolute atomic E-state index is 13.3. The van der Waals surface area contributed by atoms with Crippen LogP contribution in [0.1, 0.15) is 71.4 Å². The summed E-state index contributed by atoms with van der Waals surface area (Å²) >= 11 is 1.67. The van der Waals surface area contributed by atoms with E-state index in [4.69, 9.17) is 14.8 Å². The second-order valence-corrected chi connectivity index (χ2v) is 10.2. The van der Waals surface area contributed by atoms with Gasteiger partial charge in [-0.3, -0.25) is 4.79 Å². The van der Waals surface area contributed by atoms with Gasteiger partial charge in [0.1, 0.15) is 11.8 Å². The predicted molar refractivity (Wildman–Crippen MR) is 125 cm³/mol. The summed E-state index contributed by atoms with van der Waals surface area (Å²) in [5, 5.41) is 9.02. The number of hydrogen-bond acceptors (Lipinski definition) is 6. The van der Waals surface area contributed by atoms with E-state index in [1.54, 1.807) is 11.8 Å². The third-order valence-corrected chi connectivity index (χ3v) is 6.61. The van der Waals surface area contributed by atoms with Crippen LogP contribution in [-0.2, 0) is 4.79 Å². The number of benzene rings is 1. The molecule has 0 amide bonds. The summed E-state index contributed by atoms with van der Waals surface area (Å²) in [7, 11) is 0. The van der Waals surface area contributed by atoms with Gasteiger partial charge >= 0.3 is 0 Å². The lowest BCUT2D eigenvalue weighted by Crippen LogP contribution is -2.36. The Labute approximate surface area is 188 Å². The Hall–Kier alpha value is -2.28. The first-order valence-electron chi connectivity index (χ1n) is 11.3. The molecule has 0 bridgehead atoms. The van der Waals surface area contributed by atoms with Gasteiger partial charge in [0.25, 0.3) is 0 Å². The van der Waals surface area contributed by atoms with Crippen molar-refractivity contribution in [3.05, 3.63) is 41.1 Å². The second kappa shape index (κ2) is 9.07. The Kier molecular flexibility index (Phi) is 6.42. The molecule has 0 radical (unpaired) electrons. The van der Waals surface area contributed by atoms with E-state index in [0.717, 1.165) is 59.2 Å². The molecule has 2 aliphatic rings. The number of allylic oxidation sites excluding steroid dienone is 2. The van der Waals surface area contributed by atoms with Crippen LogP contribution < -0.4 is 10.1 Å². The van der Waals surface area contributed by atoms with E-state index in [1.807, 2.05) is 22.9 Å². The lowest BCUT2D eigenvalue weighted by atomic mass is 9.73. The number of thioether (sulfide) groups is 1. The Morgan fingerprint density at radius 1 is 1.26 bits per heavy atom. The Morgan fingerprint density at radius 3 is 2.87 bits per heavy atom. The standard InChI is InChI=1S/C24H32N4O2S/c1-5-7-12-31-23-26-22-25-18-14-24(3,4)15-19(29)20(18)21(28(22)27-23)16-9-8-10-17(13-16)30-11-6-2/h8-10,13,21H,5-7,11-12,14-15H2,1-4H3,(H,25,26,27). The normalized spacial score (nSPS) is 19.6. The fourth-order valence-electron chi connectivity index (χ4n) is 4.26. The highest BCUT2D eigenvalue weighted by Crippen LogP contribution is 2.46. The summed E-state index contributed by atoms with van der Waals surface area (Å²) in [6, 6.07) is 7.77. The number of anilines is 1. The molecule has 0 saturated carbocycles. The van der Waals surface area contributed by atoms with Gasteiger partial charge in [-0.25, -0.2) is 4.68 Å². The van der Waals surface area contributed by atoms with Crippen molar-refractivity contribution in [1.82, 2.24) is 14.8 Å². The van der Waals surface area contributed by atoms with E-state index in [-0.39, 0.29) is 17.2 Å². The average molecular weight is 441 g/mol. The summed E-state index contributed by atoms with van der Waals surface area (Å²) in [6.07, 6.45) is 4.58. The van der Waals surface area contributed by atoms with Crippen LogP contribution in [0.5, 0.6) is 5.75 Å². The molecule has 6 nitrogen and oxygen atoms in total. The van der Waals surface area contributed by atoms with Crippen LogP contribution in [0.15, 0.2) is 40.7 Å². The third-order valence-electron chi connectivity index (χ3n) is 5.69. The van der Waals surface area contributed by atoms with Gasteiger partial charge in [-0.15, -0.1) is 5.10 Å². The van der Waals surface area contributed by atoms with Gasteiger partial charge in [0.05, 0.1) is 6.61 Å². The van der Waals surface area contributed by atoms with E-state index in [9.17, 15) is 4.79 Å². The van der Waals surface area contributed by atoms with E-state index in [1.165, 1.54) is 0 Å². The third kappa shape index (κ3) is 4.66. The number of ether oxygens (including phenoxy) is 1. The summed E-state index contributed by atoms with van der Waals surface area (Å²) < 4.78 is 7.77. The molecule has 1 aliphatic carbocycles. The van der Waals surface area contributed by atoms with Crippen LogP contribution in [0.3, 0.4) is 0 Å². The number of carbonyl (C=O) groups is 1. The molecule has 2 heterocycles. The highest BCUT2D eigenvalue weighted by molar-refractivity contribution is 7.99. The van der Waals surface area contributed by atoms with Crippen LogP contribution in [0, 0.1) is 5.41 Å². The summed E-state index contributed by atoms with van der Waals surface area (Å²) in [5.41, 5.74) is 2.73. The molecule has 0 fully saturated rings. The molecular weight excluding hydrogens is 408 g/mol. The molecule has 0 saturated heterocycles. The smallest absolute Gasteiger partial charge is 0.227 e. The number of hydrogen-bond donors (Lipinski definition) is 1. The van der Waals surface area contributed by atoms with Crippen molar-refractivity contribution in [1.29, 1.82) is 0 Å². The summed E-state index contributed by atoms with van der Waals surface area (Å²) in [4.78, 5) is 18.1. The van der Waals surface area contributed by atoms with E-state index in [2.05, 4.69) is 39.1 Å². The number of nitrogens with one attached hydrogen (secondary N) is 1. The second-order valence-electron chi connectivity index (χ2n) is 9.15. The molecule has 0 spiro atoms. The molecule has 1 aromatic heterocycles. The van der Waals surface area contributed by atoms with E-state index >= 15 is 0 Å². The van der Waals surface area contributed by atoms with Crippen molar-refractivity contribution in [2.24, 2.45) is 5.41 Å². The van der Waals surface area contributed by atoms with E-state index < -0.39 is 0 Å². The van der Waals surface area contributed by atoms with Gasteiger partial charge in [-0.05, 0) is 42.4 Å². The average Bonchev–Trinajstić information content (AvgIpc) is 3.12. The monoisotopic (exact) mass is 440 g/mol. The number of unbranched alkanes of at least 4 members (excludes halogenated alkanes) is 1. The summed E-state index contributed by atoms with van der Waals surface area (Å²) in [5.74, 6) is 2.71. The van der Waals surface area contributed by atoms with Crippen molar-refractivity contribution in [3.63, 3.8) is 0 Å². The highest BCUT2D eigenvalue weighted by Gasteiger charge is 2.41. The highest BCUT2D eigenvalue weighted by atomic mass is 32.2. The molecule has 4 rings (SSSR count). The first-order valence-corrected chi connectivity index (χ1v) is 12.3. The summed E-state index contributed by atoms with van der Waals surface area (Å²) in [6.45, 7) is 9.24. The van der Waals surface area contributed by atoms with Gasteiger partial charge in [0, 0.05) is 23.4 Å². The van der Waals surface area contributed by atoms with E-state index in [0.29, 0.717) is 19.0 Å². The molecule has 166 valence electrons. The zero-order valence-corrected chi connectivity index (χ0v) is 19.7. The zero-order chi connectivity index (χ0) is 22.0. The largest absolute Gasteiger partial charge is 0.494 e. The first-order chi connectivity index (χ1) is 14.9. The number of ketones is 1. The first kappa shape index (κ1) is 21.9. The molecule has 7 heteroatoms. The van der Waals surface area contributed by atoms with Crippen molar-refractivity contribution in [3.8, 4) is 5.75 Å². The fourth-order valence-corrected chi connectivity index (χ4v) is 5.17.